The first kappa shape index (κ1) is 20.5. The van der Waals surface area contributed by atoms with Crippen LogP contribution < -0.4 is 5.32 Å². The van der Waals surface area contributed by atoms with Gasteiger partial charge in [0.05, 0.1) is 17.0 Å². The number of amides is 1. The minimum absolute atomic E-state index is 0.171. The van der Waals surface area contributed by atoms with Crippen LogP contribution in [0.1, 0.15) is 88.3 Å². The Labute approximate surface area is 167 Å². The molecule has 0 saturated heterocycles. The highest BCUT2D eigenvalue weighted by Crippen LogP contribution is 2.39. The van der Waals surface area contributed by atoms with Crippen molar-refractivity contribution in [2.75, 3.05) is 6.54 Å². The lowest BCUT2D eigenvalue weighted by atomic mass is 9.79. The van der Waals surface area contributed by atoms with E-state index in [1.807, 2.05) is 26.1 Å². The number of rotatable bonds is 7. The standard InChI is InChI=1S/C22H32N4O2/c1-5-6-20(27)23-12-16-7-9-17(10-8-16)21-18(19-11-15(4)26-28-19)13-24-22(25-21)14(2)3/h11,13-14,16-17H,5-10,12H2,1-4H3,(H,23,27). The van der Waals surface area contributed by atoms with E-state index in [2.05, 4.69) is 29.3 Å². The number of aryl methyl sites for hydroxylation is 1. The lowest BCUT2D eigenvalue weighted by Gasteiger charge is -2.29. The molecule has 1 aliphatic carbocycles. The Morgan fingerprint density at radius 3 is 2.64 bits per heavy atom. The largest absolute Gasteiger partial charge is 0.356 e. The summed E-state index contributed by atoms with van der Waals surface area (Å²) in [5.41, 5.74) is 2.91. The maximum atomic E-state index is 11.7. The van der Waals surface area contributed by atoms with E-state index in [9.17, 15) is 4.79 Å². The van der Waals surface area contributed by atoms with E-state index in [-0.39, 0.29) is 11.8 Å². The highest BCUT2D eigenvalue weighted by atomic mass is 16.5. The topological polar surface area (TPSA) is 80.9 Å². The number of hydrogen-bond donors (Lipinski definition) is 1. The summed E-state index contributed by atoms with van der Waals surface area (Å²) in [5, 5.41) is 7.12. The van der Waals surface area contributed by atoms with Crippen LogP contribution in [0.2, 0.25) is 0 Å². The van der Waals surface area contributed by atoms with Gasteiger partial charge in [-0.3, -0.25) is 4.79 Å². The Hall–Kier alpha value is -2.24. The molecule has 1 saturated carbocycles. The molecule has 1 fully saturated rings. The molecule has 1 N–H and O–H groups in total. The van der Waals surface area contributed by atoms with Crippen LogP contribution in [-0.2, 0) is 4.79 Å². The van der Waals surface area contributed by atoms with Crippen LogP contribution in [0.5, 0.6) is 0 Å². The Morgan fingerprint density at radius 2 is 2.04 bits per heavy atom. The summed E-state index contributed by atoms with van der Waals surface area (Å²) in [6.07, 6.45) is 7.77. The third-order valence-electron chi connectivity index (χ3n) is 5.55. The van der Waals surface area contributed by atoms with Gasteiger partial charge in [0.2, 0.25) is 5.91 Å². The first-order valence-electron chi connectivity index (χ1n) is 10.5. The highest BCUT2D eigenvalue weighted by Gasteiger charge is 2.27. The fourth-order valence-electron chi connectivity index (χ4n) is 3.89. The molecule has 0 spiro atoms. The van der Waals surface area contributed by atoms with Gasteiger partial charge in [-0.2, -0.15) is 0 Å². The highest BCUT2D eigenvalue weighted by molar-refractivity contribution is 5.75. The van der Waals surface area contributed by atoms with E-state index in [1.54, 1.807) is 0 Å². The summed E-state index contributed by atoms with van der Waals surface area (Å²) in [7, 11) is 0. The summed E-state index contributed by atoms with van der Waals surface area (Å²) in [6, 6.07) is 1.95. The molecular weight excluding hydrogens is 352 g/mol. The summed E-state index contributed by atoms with van der Waals surface area (Å²) in [6.45, 7) is 8.99. The quantitative estimate of drug-likeness (QED) is 0.745. The average molecular weight is 385 g/mol. The van der Waals surface area contributed by atoms with E-state index in [4.69, 9.17) is 9.51 Å². The molecule has 152 valence electrons. The smallest absolute Gasteiger partial charge is 0.219 e. The SMILES string of the molecule is CCCC(=O)NCC1CCC(c2nc(C(C)C)ncc2-c2cc(C)no2)CC1. The van der Waals surface area contributed by atoms with Crippen molar-refractivity contribution in [3.8, 4) is 11.3 Å². The van der Waals surface area contributed by atoms with E-state index in [0.29, 0.717) is 18.3 Å². The third kappa shape index (κ3) is 4.97. The van der Waals surface area contributed by atoms with Gasteiger partial charge in [0.1, 0.15) is 5.82 Å². The molecule has 2 aromatic rings. The molecule has 2 heterocycles. The maximum Gasteiger partial charge on any atom is 0.219 e. The van der Waals surface area contributed by atoms with E-state index < -0.39 is 0 Å². The lowest BCUT2D eigenvalue weighted by molar-refractivity contribution is -0.121. The van der Waals surface area contributed by atoms with Crippen molar-refractivity contribution in [3.63, 3.8) is 0 Å². The first-order chi connectivity index (χ1) is 13.5. The molecule has 0 aliphatic heterocycles. The molecule has 3 rings (SSSR count). The molecule has 0 radical (unpaired) electrons. The number of carbonyl (C=O) groups excluding carboxylic acids is 1. The zero-order valence-electron chi connectivity index (χ0n) is 17.5. The van der Waals surface area contributed by atoms with E-state index in [1.165, 1.54) is 0 Å². The summed E-state index contributed by atoms with van der Waals surface area (Å²) in [4.78, 5) is 21.2. The number of aromatic nitrogens is 3. The molecule has 1 amide bonds. The zero-order chi connectivity index (χ0) is 20.1. The second-order valence-corrected chi connectivity index (χ2v) is 8.29. The minimum Gasteiger partial charge on any atom is -0.356 e. The Bertz CT molecular complexity index is 792. The van der Waals surface area contributed by atoms with Gasteiger partial charge in [0, 0.05) is 37.1 Å². The van der Waals surface area contributed by atoms with Gasteiger partial charge >= 0.3 is 0 Å². The molecule has 6 nitrogen and oxygen atoms in total. The van der Waals surface area contributed by atoms with Gasteiger partial charge in [-0.25, -0.2) is 9.97 Å². The minimum atomic E-state index is 0.171. The monoisotopic (exact) mass is 384 g/mol. The van der Waals surface area contributed by atoms with E-state index >= 15 is 0 Å². The molecular formula is C22H32N4O2. The number of nitrogens with one attached hydrogen (secondary N) is 1. The lowest BCUT2D eigenvalue weighted by Crippen LogP contribution is -2.31. The average Bonchev–Trinajstić information content (AvgIpc) is 3.12. The van der Waals surface area contributed by atoms with Gasteiger partial charge in [0.25, 0.3) is 0 Å². The summed E-state index contributed by atoms with van der Waals surface area (Å²) >= 11 is 0. The van der Waals surface area contributed by atoms with Crippen molar-refractivity contribution in [1.29, 1.82) is 0 Å². The van der Waals surface area contributed by atoms with Crippen LogP contribution in [0.25, 0.3) is 11.3 Å². The molecule has 0 aromatic carbocycles. The van der Waals surface area contributed by atoms with Crippen molar-refractivity contribution in [2.24, 2.45) is 5.92 Å². The molecule has 6 heteroatoms. The van der Waals surface area contributed by atoms with Crippen LogP contribution in [0.3, 0.4) is 0 Å². The van der Waals surface area contributed by atoms with Gasteiger partial charge in [-0.15, -0.1) is 0 Å². The van der Waals surface area contributed by atoms with Crippen LogP contribution in [0.4, 0.5) is 0 Å². The molecule has 28 heavy (non-hydrogen) atoms. The summed E-state index contributed by atoms with van der Waals surface area (Å²) < 4.78 is 5.51. The van der Waals surface area contributed by atoms with Crippen molar-refractivity contribution < 1.29 is 9.32 Å². The Morgan fingerprint density at radius 1 is 1.29 bits per heavy atom. The fraction of sp³-hybridized carbons (Fsp3) is 0.636. The van der Waals surface area contributed by atoms with Crippen LogP contribution in [0.15, 0.2) is 16.8 Å². The third-order valence-corrected chi connectivity index (χ3v) is 5.55. The maximum absolute atomic E-state index is 11.7. The predicted octanol–water partition coefficient (Wildman–Crippen LogP) is 4.75. The number of hydrogen-bond acceptors (Lipinski definition) is 5. The number of carbonyl (C=O) groups is 1. The van der Waals surface area contributed by atoms with Crippen molar-refractivity contribution >= 4 is 5.91 Å². The Balaban J connectivity index is 1.72. The molecule has 0 bridgehead atoms. The van der Waals surface area contributed by atoms with Crippen LogP contribution >= 0.6 is 0 Å². The van der Waals surface area contributed by atoms with Crippen LogP contribution in [0, 0.1) is 12.8 Å². The second kappa shape index (κ2) is 9.30. The number of nitrogens with zero attached hydrogens (tertiary/aromatic N) is 3. The normalized spacial score (nSPS) is 19.8. The Kier molecular flexibility index (Phi) is 6.81. The van der Waals surface area contributed by atoms with Gasteiger partial charge in [0.15, 0.2) is 5.76 Å². The molecule has 1 aliphatic rings. The van der Waals surface area contributed by atoms with Gasteiger partial charge in [-0.05, 0) is 44.9 Å². The van der Waals surface area contributed by atoms with Crippen molar-refractivity contribution in [1.82, 2.24) is 20.4 Å². The molecule has 0 atom stereocenters. The van der Waals surface area contributed by atoms with Crippen molar-refractivity contribution in [2.45, 2.75) is 78.1 Å². The predicted molar refractivity (Wildman–Crippen MR) is 109 cm³/mol. The molecule has 0 unspecified atom stereocenters. The van der Waals surface area contributed by atoms with Gasteiger partial charge in [-0.1, -0.05) is 25.9 Å². The van der Waals surface area contributed by atoms with E-state index in [0.717, 1.165) is 67.2 Å². The molecule has 2 aromatic heterocycles. The first-order valence-corrected chi connectivity index (χ1v) is 10.5. The summed E-state index contributed by atoms with van der Waals surface area (Å²) in [5.74, 6) is 3.03. The van der Waals surface area contributed by atoms with Crippen molar-refractivity contribution in [3.05, 3.63) is 29.5 Å². The fourth-order valence-corrected chi connectivity index (χ4v) is 3.89. The zero-order valence-corrected chi connectivity index (χ0v) is 17.5. The van der Waals surface area contributed by atoms with Gasteiger partial charge < -0.3 is 9.84 Å². The second-order valence-electron chi connectivity index (χ2n) is 8.29. The van der Waals surface area contributed by atoms with Crippen LogP contribution in [-0.4, -0.2) is 27.6 Å².